The third-order valence-corrected chi connectivity index (χ3v) is 1.92. The Labute approximate surface area is 98.2 Å². The molecule has 2 rings (SSSR count). The smallest absolute Gasteiger partial charge is 0.257 e. The van der Waals surface area contributed by atoms with Crippen LogP contribution in [-0.4, -0.2) is 10.1 Å². The van der Waals surface area contributed by atoms with E-state index < -0.39 is 0 Å². The van der Waals surface area contributed by atoms with Gasteiger partial charge in [0, 0.05) is 5.56 Å². The van der Waals surface area contributed by atoms with Crippen molar-refractivity contribution in [1.82, 2.24) is 10.1 Å². The van der Waals surface area contributed by atoms with Gasteiger partial charge in [-0.3, -0.25) is 0 Å². The van der Waals surface area contributed by atoms with Crippen molar-refractivity contribution in [3.8, 4) is 11.5 Å². The third kappa shape index (κ3) is 3.03. The maximum atomic E-state index is 12.6. The molecule has 0 N–H and O–H groups in total. The summed E-state index contributed by atoms with van der Waals surface area (Å²) < 4.78 is 17.5. The molecular formula is C11H12ClFN2O. The predicted octanol–water partition coefficient (Wildman–Crippen LogP) is 3.64. The summed E-state index contributed by atoms with van der Waals surface area (Å²) in [4.78, 5) is 4.00. The molecule has 0 aliphatic rings. The van der Waals surface area contributed by atoms with E-state index in [1.54, 1.807) is 12.1 Å². The molecule has 1 aromatic heterocycles. The molecule has 86 valence electrons. The topological polar surface area (TPSA) is 38.9 Å². The van der Waals surface area contributed by atoms with Gasteiger partial charge in [0.05, 0.1) is 5.88 Å². The van der Waals surface area contributed by atoms with Crippen LogP contribution >= 0.6 is 11.6 Å². The van der Waals surface area contributed by atoms with Gasteiger partial charge in [0.2, 0.25) is 0 Å². The summed E-state index contributed by atoms with van der Waals surface area (Å²) in [6, 6.07) is 5.81. The van der Waals surface area contributed by atoms with Crippen molar-refractivity contribution < 1.29 is 8.91 Å². The number of halogens is 2. The standard InChI is InChI=1S/C9H6ClFN2O.C2H6/c10-5-8-12-9(14-13-8)6-1-3-7(11)4-2-6;1-2/h1-4H,5H2;1-2H3. The van der Waals surface area contributed by atoms with Crippen molar-refractivity contribution in [2.24, 2.45) is 0 Å². The molecule has 5 heteroatoms. The molecule has 0 fully saturated rings. The number of nitrogens with zero attached hydrogens (tertiary/aromatic N) is 2. The van der Waals surface area contributed by atoms with Gasteiger partial charge in [0.15, 0.2) is 5.82 Å². The normalized spacial score (nSPS) is 9.50. The van der Waals surface area contributed by atoms with E-state index in [1.807, 2.05) is 13.8 Å². The highest BCUT2D eigenvalue weighted by Crippen LogP contribution is 2.17. The summed E-state index contributed by atoms with van der Waals surface area (Å²) in [6.07, 6.45) is 0. The highest BCUT2D eigenvalue weighted by Gasteiger charge is 2.07. The van der Waals surface area contributed by atoms with Crippen molar-refractivity contribution in [3.63, 3.8) is 0 Å². The second-order valence-corrected chi connectivity index (χ2v) is 2.92. The molecule has 0 aliphatic heterocycles. The van der Waals surface area contributed by atoms with Crippen molar-refractivity contribution in [2.45, 2.75) is 19.7 Å². The third-order valence-electron chi connectivity index (χ3n) is 1.68. The highest BCUT2D eigenvalue weighted by atomic mass is 35.5. The minimum atomic E-state index is -0.300. The molecule has 0 saturated carbocycles. The number of hydrogen-bond donors (Lipinski definition) is 0. The first kappa shape index (κ1) is 12.6. The van der Waals surface area contributed by atoms with Crippen molar-refractivity contribution in [3.05, 3.63) is 35.9 Å². The fourth-order valence-electron chi connectivity index (χ4n) is 1.02. The molecule has 1 aromatic carbocycles. The Morgan fingerprint density at radius 3 is 2.38 bits per heavy atom. The molecule has 0 atom stereocenters. The molecule has 0 saturated heterocycles. The van der Waals surface area contributed by atoms with Crippen LogP contribution in [-0.2, 0) is 5.88 Å². The van der Waals surface area contributed by atoms with E-state index in [4.69, 9.17) is 16.1 Å². The van der Waals surface area contributed by atoms with Crippen LogP contribution in [0.2, 0.25) is 0 Å². The van der Waals surface area contributed by atoms with Gasteiger partial charge in [-0.1, -0.05) is 19.0 Å². The zero-order chi connectivity index (χ0) is 12.0. The second kappa shape index (κ2) is 6.23. The molecule has 0 aliphatic carbocycles. The average Bonchev–Trinajstić information content (AvgIpc) is 2.81. The number of hydrogen-bond acceptors (Lipinski definition) is 3. The minimum Gasteiger partial charge on any atom is -0.334 e. The summed E-state index contributed by atoms with van der Waals surface area (Å²) in [5, 5.41) is 3.62. The van der Waals surface area contributed by atoms with Gasteiger partial charge in [0.25, 0.3) is 5.89 Å². The van der Waals surface area contributed by atoms with Crippen molar-refractivity contribution in [2.75, 3.05) is 0 Å². The number of alkyl halides is 1. The zero-order valence-corrected chi connectivity index (χ0v) is 9.83. The van der Waals surface area contributed by atoms with Crippen LogP contribution in [0.4, 0.5) is 4.39 Å². The van der Waals surface area contributed by atoms with Crippen LogP contribution in [0.5, 0.6) is 0 Å². The molecular weight excluding hydrogens is 231 g/mol. The summed E-state index contributed by atoms with van der Waals surface area (Å²) in [6.45, 7) is 4.00. The zero-order valence-electron chi connectivity index (χ0n) is 9.08. The van der Waals surface area contributed by atoms with Gasteiger partial charge < -0.3 is 4.52 Å². The lowest BCUT2D eigenvalue weighted by atomic mass is 10.2. The first-order valence-electron chi connectivity index (χ1n) is 4.94. The van der Waals surface area contributed by atoms with Crippen LogP contribution in [0.15, 0.2) is 28.8 Å². The summed E-state index contributed by atoms with van der Waals surface area (Å²) in [5.74, 6) is 0.669. The van der Waals surface area contributed by atoms with Crippen LogP contribution in [0.3, 0.4) is 0 Å². The first-order valence-corrected chi connectivity index (χ1v) is 5.47. The van der Waals surface area contributed by atoms with Gasteiger partial charge in [-0.15, -0.1) is 11.6 Å². The molecule has 1 heterocycles. The minimum absolute atomic E-state index is 0.199. The van der Waals surface area contributed by atoms with Gasteiger partial charge in [-0.05, 0) is 24.3 Å². The maximum absolute atomic E-state index is 12.6. The Morgan fingerprint density at radius 1 is 1.25 bits per heavy atom. The van der Waals surface area contributed by atoms with Gasteiger partial charge in [-0.25, -0.2) is 4.39 Å². The Bertz CT molecular complexity index is 428. The Balaban J connectivity index is 0.000000606. The lowest BCUT2D eigenvalue weighted by molar-refractivity contribution is 0.425. The Hall–Kier alpha value is -1.42. The predicted molar refractivity (Wildman–Crippen MR) is 60.6 cm³/mol. The Kier molecular flexibility index (Phi) is 4.92. The molecule has 0 amide bonds. The summed E-state index contributed by atoms with van der Waals surface area (Å²) in [5.41, 5.74) is 0.676. The summed E-state index contributed by atoms with van der Waals surface area (Å²) >= 11 is 5.51. The molecule has 2 aromatic rings. The maximum Gasteiger partial charge on any atom is 0.257 e. The number of aromatic nitrogens is 2. The van der Waals surface area contributed by atoms with E-state index in [2.05, 4.69) is 10.1 Å². The van der Waals surface area contributed by atoms with E-state index in [0.717, 1.165) is 0 Å². The van der Waals surface area contributed by atoms with E-state index in [-0.39, 0.29) is 11.7 Å². The quantitative estimate of drug-likeness (QED) is 0.755. The number of rotatable bonds is 2. The second-order valence-electron chi connectivity index (χ2n) is 2.66. The lowest BCUT2D eigenvalue weighted by Gasteiger charge is -1.91. The van der Waals surface area contributed by atoms with E-state index >= 15 is 0 Å². The van der Waals surface area contributed by atoms with Crippen LogP contribution < -0.4 is 0 Å². The largest absolute Gasteiger partial charge is 0.334 e. The molecule has 16 heavy (non-hydrogen) atoms. The molecule has 0 radical (unpaired) electrons. The number of benzene rings is 1. The lowest BCUT2D eigenvalue weighted by Crippen LogP contribution is -1.81. The monoisotopic (exact) mass is 242 g/mol. The van der Waals surface area contributed by atoms with Gasteiger partial charge in [0.1, 0.15) is 5.82 Å². The molecule has 0 unspecified atom stereocenters. The van der Waals surface area contributed by atoms with Crippen LogP contribution in [0.25, 0.3) is 11.5 Å². The Morgan fingerprint density at radius 2 is 1.88 bits per heavy atom. The summed E-state index contributed by atoms with van der Waals surface area (Å²) in [7, 11) is 0. The van der Waals surface area contributed by atoms with Crippen LogP contribution in [0.1, 0.15) is 19.7 Å². The van der Waals surface area contributed by atoms with E-state index in [0.29, 0.717) is 17.3 Å². The molecule has 0 bridgehead atoms. The SMILES string of the molecule is CC.Fc1ccc(-c2nc(CCl)no2)cc1. The molecule has 0 spiro atoms. The first-order chi connectivity index (χ1) is 7.79. The fourth-order valence-corrected chi connectivity index (χ4v) is 1.13. The van der Waals surface area contributed by atoms with Crippen molar-refractivity contribution >= 4 is 11.6 Å². The van der Waals surface area contributed by atoms with Crippen LogP contribution in [0, 0.1) is 5.82 Å². The van der Waals surface area contributed by atoms with Gasteiger partial charge in [-0.2, -0.15) is 4.98 Å². The van der Waals surface area contributed by atoms with Crippen molar-refractivity contribution in [1.29, 1.82) is 0 Å². The van der Waals surface area contributed by atoms with Gasteiger partial charge >= 0.3 is 0 Å². The van der Waals surface area contributed by atoms with E-state index in [1.165, 1.54) is 12.1 Å². The average molecular weight is 243 g/mol. The fraction of sp³-hybridized carbons (Fsp3) is 0.273. The highest BCUT2D eigenvalue weighted by molar-refractivity contribution is 6.16. The van der Waals surface area contributed by atoms with E-state index in [9.17, 15) is 4.39 Å². The molecule has 3 nitrogen and oxygen atoms in total.